The minimum absolute atomic E-state index is 0.0410. The van der Waals surface area contributed by atoms with Gasteiger partial charge in [-0.2, -0.15) is 0 Å². The van der Waals surface area contributed by atoms with Crippen molar-refractivity contribution in [3.63, 3.8) is 0 Å². The summed E-state index contributed by atoms with van der Waals surface area (Å²) in [6.07, 6.45) is 1.77. The molecule has 3 aromatic rings. The van der Waals surface area contributed by atoms with E-state index in [9.17, 15) is 4.79 Å². The Bertz CT molecular complexity index is 801. The molecule has 1 aromatic carbocycles. The fraction of sp³-hybridized carbons (Fsp3) is 0.200. The number of imidazole rings is 1. The molecule has 0 saturated heterocycles. The molecule has 102 valence electrons. The van der Waals surface area contributed by atoms with Crippen LogP contribution in [-0.4, -0.2) is 20.5 Å². The highest BCUT2D eigenvalue weighted by Crippen LogP contribution is 2.29. The number of carboxylic acids is 1. The fourth-order valence-electron chi connectivity index (χ4n) is 2.37. The minimum Gasteiger partial charge on any atom is -0.481 e. The van der Waals surface area contributed by atoms with E-state index in [0.29, 0.717) is 5.69 Å². The number of thiazole rings is 1. The van der Waals surface area contributed by atoms with Gasteiger partial charge in [0.1, 0.15) is 0 Å². The highest BCUT2D eigenvalue weighted by molar-refractivity contribution is 7.15. The van der Waals surface area contributed by atoms with E-state index in [4.69, 9.17) is 5.11 Å². The van der Waals surface area contributed by atoms with Crippen molar-refractivity contribution in [3.05, 3.63) is 46.6 Å². The smallest absolute Gasteiger partial charge is 0.309 e. The van der Waals surface area contributed by atoms with Crippen LogP contribution in [0.25, 0.3) is 16.2 Å². The molecule has 0 aliphatic carbocycles. The Balaban J connectivity index is 2.11. The Hall–Kier alpha value is -2.14. The van der Waals surface area contributed by atoms with Crippen LogP contribution in [0.5, 0.6) is 0 Å². The summed E-state index contributed by atoms with van der Waals surface area (Å²) in [4.78, 5) is 15.9. The molecule has 0 saturated carbocycles. The number of nitrogens with zero attached hydrogens (tertiary/aromatic N) is 2. The molecular weight excluding hydrogens is 272 g/mol. The topological polar surface area (TPSA) is 54.6 Å². The number of fused-ring (bicyclic) bond motifs is 1. The van der Waals surface area contributed by atoms with Crippen LogP contribution in [0.3, 0.4) is 0 Å². The van der Waals surface area contributed by atoms with Gasteiger partial charge in [0.15, 0.2) is 4.96 Å². The second kappa shape index (κ2) is 4.76. The Morgan fingerprint density at radius 2 is 2.20 bits per heavy atom. The van der Waals surface area contributed by atoms with Crippen LogP contribution in [0.1, 0.15) is 16.8 Å². The van der Waals surface area contributed by atoms with Gasteiger partial charge in [-0.25, -0.2) is 4.98 Å². The van der Waals surface area contributed by atoms with E-state index < -0.39 is 5.97 Å². The lowest BCUT2D eigenvalue weighted by molar-refractivity contribution is -0.136. The number of aromatic nitrogens is 2. The zero-order chi connectivity index (χ0) is 14.3. The highest BCUT2D eigenvalue weighted by Gasteiger charge is 2.13. The largest absolute Gasteiger partial charge is 0.481 e. The summed E-state index contributed by atoms with van der Waals surface area (Å²) in [5, 5.41) is 10.9. The number of benzene rings is 1. The average Bonchev–Trinajstić information content (AvgIpc) is 2.88. The van der Waals surface area contributed by atoms with Crippen molar-refractivity contribution < 1.29 is 9.90 Å². The summed E-state index contributed by atoms with van der Waals surface area (Å²) in [5.74, 6) is -0.858. The van der Waals surface area contributed by atoms with Crippen LogP contribution in [-0.2, 0) is 11.2 Å². The summed E-state index contributed by atoms with van der Waals surface area (Å²) in [6.45, 7) is 4.16. The summed E-state index contributed by atoms with van der Waals surface area (Å²) in [7, 11) is 0. The van der Waals surface area contributed by atoms with E-state index >= 15 is 0 Å². The Kier molecular flexibility index (Phi) is 3.06. The number of carboxylic acid groups (broad SMARTS) is 1. The maximum Gasteiger partial charge on any atom is 0.309 e. The second-order valence-electron chi connectivity index (χ2n) is 4.89. The molecule has 0 spiro atoms. The number of hydrogen-bond acceptors (Lipinski definition) is 3. The van der Waals surface area contributed by atoms with Crippen LogP contribution in [0.15, 0.2) is 29.8 Å². The number of aliphatic carboxylic acids is 1. The number of rotatable bonds is 3. The van der Waals surface area contributed by atoms with Crippen molar-refractivity contribution in [1.29, 1.82) is 0 Å². The molecule has 0 aliphatic rings. The predicted octanol–water partition coefficient (Wildman–Crippen LogP) is 3.31. The lowest BCUT2D eigenvalue weighted by Gasteiger charge is -2.05. The zero-order valence-electron chi connectivity index (χ0n) is 11.3. The van der Waals surface area contributed by atoms with Gasteiger partial charge in [-0.3, -0.25) is 9.20 Å². The van der Waals surface area contributed by atoms with Crippen molar-refractivity contribution in [2.75, 3.05) is 0 Å². The maximum absolute atomic E-state index is 10.8. The highest BCUT2D eigenvalue weighted by atomic mass is 32.1. The number of carbonyl (C=O) groups is 1. The van der Waals surface area contributed by atoms with Gasteiger partial charge in [-0.1, -0.05) is 23.8 Å². The maximum atomic E-state index is 10.8. The second-order valence-corrected chi connectivity index (χ2v) is 5.73. The first-order chi connectivity index (χ1) is 9.54. The van der Waals surface area contributed by atoms with Crippen LogP contribution >= 0.6 is 11.3 Å². The molecule has 0 bridgehead atoms. The van der Waals surface area contributed by atoms with Crippen molar-refractivity contribution >= 4 is 22.3 Å². The summed E-state index contributed by atoms with van der Waals surface area (Å²) in [5.41, 5.74) is 5.25. The molecule has 0 unspecified atom stereocenters. The zero-order valence-corrected chi connectivity index (χ0v) is 12.1. The molecule has 0 atom stereocenters. The first kappa shape index (κ1) is 12.9. The third-order valence-electron chi connectivity index (χ3n) is 3.25. The lowest BCUT2D eigenvalue weighted by Crippen LogP contribution is -1.99. The van der Waals surface area contributed by atoms with Gasteiger partial charge in [-0.05, 0) is 19.4 Å². The van der Waals surface area contributed by atoms with E-state index in [2.05, 4.69) is 42.4 Å². The lowest BCUT2D eigenvalue weighted by atomic mass is 10.0. The predicted molar refractivity (Wildman–Crippen MR) is 79.3 cm³/mol. The molecule has 5 heteroatoms. The minimum atomic E-state index is -0.858. The van der Waals surface area contributed by atoms with E-state index in [1.165, 1.54) is 22.5 Å². The van der Waals surface area contributed by atoms with Gasteiger partial charge >= 0.3 is 5.97 Å². The molecule has 1 N–H and O–H groups in total. The normalized spacial score (nSPS) is 11.1. The third kappa shape index (κ3) is 2.20. The number of hydrogen-bond donors (Lipinski definition) is 1. The summed E-state index contributed by atoms with van der Waals surface area (Å²) >= 11 is 1.53. The quantitative estimate of drug-likeness (QED) is 0.803. The molecule has 20 heavy (non-hydrogen) atoms. The van der Waals surface area contributed by atoms with Crippen LogP contribution < -0.4 is 0 Å². The molecule has 3 rings (SSSR count). The van der Waals surface area contributed by atoms with E-state index in [1.54, 1.807) is 0 Å². The molecule has 4 nitrogen and oxygen atoms in total. The van der Waals surface area contributed by atoms with E-state index in [1.807, 2.05) is 10.6 Å². The molecule has 0 fully saturated rings. The standard InChI is InChI=1S/C15H14N2O2S/c1-9-3-4-12(10(2)5-9)13-8-20-15-16-11(6-14(18)19)7-17(13)15/h3-5,7-8H,6H2,1-2H3,(H,18,19). The van der Waals surface area contributed by atoms with Gasteiger partial charge in [0.25, 0.3) is 0 Å². The van der Waals surface area contributed by atoms with Gasteiger partial charge in [0, 0.05) is 17.1 Å². The molecule has 2 heterocycles. The number of aryl methyl sites for hydroxylation is 2. The van der Waals surface area contributed by atoms with Gasteiger partial charge in [0.05, 0.1) is 17.8 Å². The monoisotopic (exact) mass is 286 g/mol. The molecule has 2 aromatic heterocycles. The fourth-order valence-corrected chi connectivity index (χ4v) is 3.26. The van der Waals surface area contributed by atoms with Gasteiger partial charge in [-0.15, -0.1) is 11.3 Å². The van der Waals surface area contributed by atoms with Crippen molar-refractivity contribution in [2.45, 2.75) is 20.3 Å². The van der Waals surface area contributed by atoms with Crippen molar-refractivity contribution in [3.8, 4) is 11.3 Å². The third-order valence-corrected chi connectivity index (χ3v) is 4.09. The molecule has 0 amide bonds. The van der Waals surface area contributed by atoms with Crippen molar-refractivity contribution in [2.24, 2.45) is 0 Å². The molecule has 0 aliphatic heterocycles. The SMILES string of the molecule is Cc1ccc(-c2csc3nc(CC(=O)O)cn23)c(C)c1. The van der Waals surface area contributed by atoms with Crippen molar-refractivity contribution in [1.82, 2.24) is 9.38 Å². The summed E-state index contributed by atoms with van der Waals surface area (Å²) in [6, 6.07) is 6.33. The van der Waals surface area contributed by atoms with Crippen LogP contribution in [0.2, 0.25) is 0 Å². The van der Waals surface area contributed by atoms with Crippen LogP contribution in [0.4, 0.5) is 0 Å². The molecular formula is C15H14N2O2S. The molecule has 0 radical (unpaired) electrons. The van der Waals surface area contributed by atoms with Gasteiger partial charge < -0.3 is 5.11 Å². The first-order valence-electron chi connectivity index (χ1n) is 6.29. The van der Waals surface area contributed by atoms with E-state index in [0.717, 1.165) is 16.2 Å². The Morgan fingerprint density at radius 1 is 1.40 bits per heavy atom. The van der Waals surface area contributed by atoms with Crippen LogP contribution in [0, 0.1) is 13.8 Å². The summed E-state index contributed by atoms with van der Waals surface area (Å²) < 4.78 is 1.97. The van der Waals surface area contributed by atoms with Gasteiger partial charge in [0.2, 0.25) is 0 Å². The average molecular weight is 286 g/mol. The van der Waals surface area contributed by atoms with E-state index in [-0.39, 0.29) is 6.42 Å². The Morgan fingerprint density at radius 3 is 2.90 bits per heavy atom. The Labute approximate surface area is 120 Å². The first-order valence-corrected chi connectivity index (χ1v) is 7.17.